The lowest BCUT2D eigenvalue weighted by Crippen LogP contribution is -2.24. The van der Waals surface area contributed by atoms with E-state index < -0.39 is 11.7 Å². The third kappa shape index (κ3) is 5.77. The molecule has 0 radical (unpaired) electrons. The van der Waals surface area contributed by atoms with Gasteiger partial charge in [-0.1, -0.05) is 25.8 Å². The molecule has 2 aromatic rings. The molecule has 0 aliphatic heterocycles. The monoisotopic (exact) mass is 351 g/mol. The van der Waals surface area contributed by atoms with Crippen molar-refractivity contribution in [3.8, 4) is 0 Å². The Morgan fingerprint density at radius 2 is 1.92 bits per heavy atom. The molecule has 0 aliphatic rings. The van der Waals surface area contributed by atoms with E-state index in [4.69, 9.17) is 0 Å². The molecule has 0 atom stereocenters. The van der Waals surface area contributed by atoms with Gasteiger partial charge in [-0.3, -0.25) is 9.78 Å². The van der Waals surface area contributed by atoms with Crippen LogP contribution in [0.5, 0.6) is 0 Å². The van der Waals surface area contributed by atoms with Crippen molar-refractivity contribution >= 4 is 17.3 Å². The zero-order valence-electron chi connectivity index (χ0n) is 13.9. The van der Waals surface area contributed by atoms with E-state index in [0.29, 0.717) is 17.8 Å². The van der Waals surface area contributed by atoms with E-state index in [9.17, 15) is 18.0 Å². The molecule has 7 heteroatoms. The van der Waals surface area contributed by atoms with Crippen molar-refractivity contribution in [1.29, 1.82) is 0 Å². The number of benzene rings is 1. The highest BCUT2D eigenvalue weighted by molar-refractivity contribution is 5.94. The number of nitrogens with zero attached hydrogens (tertiary/aromatic N) is 1. The Labute approximate surface area is 144 Å². The topological polar surface area (TPSA) is 54.0 Å². The lowest BCUT2D eigenvalue weighted by molar-refractivity contribution is -0.137. The van der Waals surface area contributed by atoms with Crippen molar-refractivity contribution in [1.82, 2.24) is 10.3 Å². The van der Waals surface area contributed by atoms with Crippen LogP contribution in [-0.4, -0.2) is 17.4 Å². The number of rotatable bonds is 7. The zero-order valence-corrected chi connectivity index (χ0v) is 13.9. The maximum absolute atomic E-state index is 12.8. The molecule has 2 rings (SSSR count). The molecule has 2 N–H and O–H groups in total. The first-order chi connectivity index (χ1) is 11.9. The average molecular weight is 351 g/mol. The third-order valence-corrected chi connectivity index (χ3v) is 3.54. The van der Waals surface area contributed by atoms with Gasteiger partial charge in [-0.15, -0.1) is 0 Å². The summed E-state index contributed by atoms with van der Waals surface area (Å²) in [5.41, 5.74) is 0.335. The number of hydrogen-bond acceptors (Lipinski definition) is 3. The van der Waals surface area contributed by atoms with Crippen LogP contribution in [0, 0.1) is 0 Å². The minimum atomic E-state index is -4.41. The van der Waals surface area contributed by atoms with Gasteiger partial charge in [-0.25, -0.2) is 0 Å². The minimum Gasteiger partial charge on any atom is -0.354 e. The van der Waals surface area contributed by atoms with Crippen molar-refractivity contribution in [2.24, 2.45) is 0 Å². The second-order valence-corrected chi connectivity index (χ2v) is 5.63. The van der Waals surface area contributed by atoms with Gasteiger partial charge in [0.1, 0.15) is 0 Å². The fourth-order valence-corrected chi connectivity index (χ4v) is 2.25. The first kappa shape index (κ1) is 18.8. The molecule has 1 aromatic heterocycles. The molecule has 0 spiro atoms. The number of carbonyl (C=O) groups is 1. The van der Waals surface area contributed by atoms with Gasteiger partial charge in [0, 0.05) is 18.4 Å². The molecule has 134 valence electrons. The Bertz CT molecular complexity index is 717. The smallest absolute Gasteiger partial charge is 0.354 e. The second-order valence-electron chi connectivity index (χ2n) is 5.63. The fraction of sp³-hybridized carbons (Fsp3) is 0.333. The first-order valence-electron chi connectivity index (χ1n) is 8.07. The summed E-state index contributed by atoms with van der Waals surface area (Å²) in [4.78, 5) is 16.0. The number of amides is 1. The molecule has 0 bridgehead atoms. The Morgan fingerprint density at radius 1 is 1.12 bits per heavy atom. The Balaban J connectivity index is 2.05. The fourth-order valence-electron chi connectivity index (χ4n) is 2.25. The van der Waals surface area contributed by atoms with Gasteiger partial charge in [-0.2, -0.15) is 13.2 Å². The highest BCUT2D eigenvalue weighted by Crippen LogP contribution is 2.31. The summed E-state index contributed by atoms with van der Waals surface area (Å²) in [7, 11) is 0. The van der Waals surface area contributed by atoms with Crippen LogP contribution < -0.4 is 10.6 Å². The number of anilines is 2. The van der Waals surface area contributed by atoms with Gasteiger partial charge >= 0.3 is 6.18 Å². The van der Waals surface area contributed by atoms with Crippen molar-refractivity contribution in [3.05, 3.63) is 53.9 Å². The Morgan fingerprint density at radius 3 is 2.64 bits per heavy atom. The Hall–Kier alpha value is -2.57. The zero-order chi connectivity index (χ0) is 18.3. The van der Waals surface area contributed by atoms with Crippen molar-refractivity contribution in [3.63, 3.8) is 0 Å². The molecule has 0 aliphatic carbocycles. The highest BCUT2D eigenvalue weighted by atomic mass is 19.4. The van der Waals surface area contributed by atoms with E-state index in [1.165, 1.54) is 24.5 Å². The highest BCUT2D eigenvalue weighted by Gasteiger charge is 2.30. The molecule has 1 aromatic carbocycles. The number of nitrogens with one attached hydrogen (secondary N) is 2. The van der Waals surface area contributed by atoms with Gasteiger partial charge in [0.05, 0.1) is 23.0 Å². The predicted octanol–water partition coefficient (Wildman–Crippen LogP) is 4.76. The normalized spacial score (nSPS) is 11.2. The maximum atomic E-state index is 12.8. The molecule has 0 saturated carbocycles. The molecule has 0 saturated heterocycles. The van der Waals surface area contributed by atoms with Crippen LogP contribution in [0.2, 0.25) is 0 Å². The van der Waals surface area contributed by atoms with E-state index >= 15 is 0 Å². The van der Waals surface area contributed by atoms with Crippen LogP contribution in [0.15, 0.2) is 42.7 Å². The maximum Gasteiger partial charge on any atom is 0.416 e. The van der Waals surface area contributed by atoms with Gasteiger partial charge in [-0.05, 0) is 30.7 Å². The van der Waals surface area contributed by atoms with Crippen LogP contribution in [-0.2, 0) is 6.18 Å². The first-order valence-corrected chi connectivity index (χ1v) is 8.07. The van der Waals surface area contributed by atoms with Gasteiger partial charge in [0.25, 0.3) is 5.91 Å². The number of alkyl halides is 3. The third-order valence-electron chi connectivity index (χ3n) is 3.54. The number of carbonyl (C=O) groups excluding carboxylic acids is 1. The van der Waals surface area contributed by atoms with Crippen LogP contribution >= 0.6 is 0 Å². The summed E-state index contributed by atoms with van der Waals surface area (Å²) < 4.78 is 38.3. The van der Waals surface area contributed by atoms with Crippen LogP contribution in [0.3, 0.4) is 0 Å². The van der Waals surface area contributed by atoms with E-state index in [0.717, 1.165) is 31.4 Å². The largest absolute Gasteiger partial charge is 0.416 e. The van der Waals surface area contributed by atoms with Crippen LogP contribution in [0.4, 0.5) is 24.5 Å². The molecular weight excluding hydrogens is 331 g/mol. The van der Waals surface area contributed by atoms with Crippen LogP contribution in [0.25, 0.3) is 0 Å². The SMILES string of the molecule is CCCCCNC(=O)c1cncc(Nc2cccc(C(F)(F)F)c2)c1. The summed E-state index contributed by atoms with van der Waals surface area (Å²) in [6.07, 6.45) is 1.47. The molecule has 1 amide bonds. The number of pyridine rings is 1. The molecule has 0 fully saturated rings. The molecule has 1 heterocycles. The number of unbranched alkanes of at least 4 members (excludes halogenated alkanes) is 2. The number of hydrogen-bond donors (Lipinski definition) is 2. The van der Waals surface area contributed by atoms with Gasteiger partial charge in [0.2, 0.25) is 0 Å². The van der Waals surface area contributed by atoms with Crippen molar-refractivity contribution in [2.45, 2.75) is 32.4 Å². The van der Waals surface area contributed by atoms with E-state index in [-0.39, 0.29) is 11.6 Å². The summed E-state index contributed by atoms with van der Waals surface area (Å²) in [5, 5.41) is 5.64. The summed E-state index contributed by atoms with van der Waals surface area (Å²) in [6.45, 7) is 2.66. The summed E-state index contributed by atoms with van der Waals surface area (Å²) >= 11 is 0. The second kappa shape index (κ2) is 8.50. The lowest BCUT2D eigenvalue weighted by Gasteiger charge is -2.11. The Kier molecular flexibility index (Phi) is 6.38. The van der Waals surface area contributed by atoms with Gasteiger partial charge in [0.15, 0.2) is 0 Å². The van der Waals surface area contributed by atoms with Crippen molar-refractivity contribution < 1.29 is 18.0 Å². The quantitative estimate of drug-likeness (QED) is 0.707. The molecule has 0 unspecified atom stereocenters. The summed E-state index contributed by atoms with van der Waals surface area (Å²) in [5.74, 6) is -0.253. The minimum absolute atomic E-state index is 0.253. The number of aromatic nitrogens is 1. The van der Waals surface area contributed by atoms with Crippen LogP contribution in [0.1, 0.15) is 42.1 Å². The van der Waals surface area contributed by atoms with E-state index in [1.807, 2.05) is 0 Å². The van der Waals surface area contributed by atoms with Crippen molar-refractivity contribution in [2.75, 3.05) is 11.9 Å². The van der Waals surface area contributed by atoms with Gasteiger partial charge < -0.3 is 10.6 Å². The molecular formula is C18H20F3N3O. The molecule has 4 nitrogen and oxygen atoms in total. The average Bonchev–Trinajstić information content (AvgIpc) is 2.58. The predicted molar refractivity (Wildman–Crippen MR) is 90.8 cm³/mol. The standard InChI is InChI=1S/C18H20F3N3O/c1-2-3-4-8-23-17(25)13-9-16(12-22-11-13)24-15-7-5-6-14(10-15)18(19,20)21/h5-7,9-12,24H,2-4,8H2,1H3,(H,23,25). The lowest BCUT2D eigenvalue weighted by atomic mass is 10.2. The number of halogens is 3. The van der Waals surface area contributed by atoms with E-state index in [2.05, 4.69) is 22.5 Å². The summed E-state index contributed by atoms with van der Waals surface area (Å²) in [6, 6.07) is 6.42. The molecule has 25 heavy (non-hydrogen) atoms. The van der Waals surface area contributed by atoms with E-state index in [1.54, 1.807) is 6.07 Å².